The molecule has 6 aromatic rings. The number of carboxylic acids is 2. The number of para-hydroxylation sites is 1. The average molecular weight is 1560 g/mol. The number of methoxy groups -OCH3 is 2. The molecule has 3 aromatic carbocycles. The minimum absolute atomic E-state index is 0.0926. The van der Waals surface area contributed by atoms with E-state index in [1.54, 1.807) is 37.6 Å². The highest BCUT2D eigenvalue weighted by molar-refractivity contribution is 7.85. The van der Waals surface area contributed by atoms with Crippen molar-refractivity contribution < 1.29 is 110 Å². The normalized spacial score (nSPS) is 24.3. The summed E-state index contributed by atoms with van der Waals surface area (Å²) >= 11 is 1.38. The first-order valence-corrected chi connectivity index (χ1v) is 37.9. The van der Waals surface area contributed by atoms with E-state index in [0.29, 0.717) is 69.8 Å². The van der Waals surface area contributed by atoms with E-state index in [9.17, 15) is 81.7 Å². The molecule has 6 heterocycles. The summed E-state index contributed by atoms with van der Waals surface area (Å²) in [6, 6.07) is 16.8. The largest absolute Gasteiger partial charge is 0.496 e. The zero-order valence-corrected chi connectivity index (χ0v) is 62.3. The molecule has 4 saturated carbocycles. The van der Waals surface area contributed by atoms with E-state index in [4.69, 9.17) is 38.5 Å². The predicted octanol–water partition coefficient (Wildman–Crippen LogP) is 4.33. The maximum absolute atomic E-state index is 14.0. The summed E-state index contributed by atoms with van der Waals surface area (Å²) < 4.78 is 71.1. The molecule has 110 heavy (non-hydrogen) atoms. The number of imide groups is 1. The molecule has 4 aliphatic carbocycles. The van der Waals surface area contributed by atoms with Gasteiger partial charge in [0.25, 0.3) is 27.8 Å². The summed E-state index contributed by atoms with van der Waals surface area (Å²) in [5, 5.41) is 67.3. The van der Waals surface area contributed by atoms with Gasteiger partial charge in [0.05, 0.1) is 48.0 Å². The summed E-state index contributed by atoms with van der Waals surface area (Å²) in [4.78, 5) is 130. The number of carbonyl (C=O) groups is 9. The zero-order chi connectivity index (χ0) is 78.8. The van der Waals surface area contributed by atoms with Crippen LogP contribution in [-0.2, 0) is 77.3 Å². The lowest BCUT2D eigenvalue weighted by atomic mass is 9.39. The Hall–Kier alpha value is -10.3. The number of nitrogens with one attached hydrogen (secondary N) is 4. The van der Waals surface area contributed by atoms with Crippen LogP contribution in [0.25, 0.3) is 27.4 Å². The van der Waals surface area contributed by atoms with Crippen LogP contribution in [0.3, 0.4) is 0 Å². The van der Waals surface area contributed by atoms with Crippen LogP contribution >= 0.6 is 11.3 Å². The first kappa shape index (κ1) is 79.2. The van der Waals surface area contributed by atoms with Gasteiger partial charge in [-0.1, -0.05) is 49.5 Å². The third-order valence-electron chi connectivity index (χ3n) is 20.7. The molecule has 0 spiro atoms. The van der Waals surface area contributed by atoms with Crippen LogP contribution in [-0.4, -0.2) is 236 Å². The van der Waals surface area contributed by atoms with E-state index in [-0.39, 0.29) is 78.7 Å². The highest BCUT2D eigenvalue weighted by Crippen LogP contribution is 2.72. The van der Waals surface area contributed by atoms with Crippen LogP contribution < -0.4 is 35.6 Å². The Morgan fingerprint density at radius 1 is 0.827 bits per heavy atom. The van der Waals surface area contributed by atoms with Crippen LogP contribution in [0.4, 0.5) is 21.4 Å². The molecule has 1 saturated heterocycles. The number of benzene rings is 3. The number of pyridine rings is 1. The van der Waals surface area contributed by atoms with Gasteiger partial charge in [-0.05, 0) is 134 Å². The van der Waals surface area contributed by atoms with E-state index in [1.165, 1.54) is 53.7 Å². The van der Waals surface area contributed by atoms with Crippen molar-refractivity contribution in [3.63, 3.8) is 0 Å². The number of hydrogen-bond donors (Lipinski definition) is 10. The van der Waals surface area contributed by atoms with E-state index in [2.05, 4.69) is 34.8 Å². The molecule has 13 rings (SSSR count). The van der Waals surface area contributed by atoms with Gasteiger partial charge in [0.1, 0.15) is 60.6 Å². The average Bonchev–Trinajstić information content (AvgIpc) is 0.753. The Labute approximate surface area is 634 Å². The van der Waals surface area contributed by atoms with Crippen molar-refractivity contribution in [3.8, 4) is 22.6 Å². The summed E-state index contributed by atoms with van der Waals surface area (Å²) in [6.45, 7) is 6.77. The minimum Gasteiger partial charge on any atom is -0.496 e. The lowest BCUT2D eigenvalue weighted by Crippen LogP contribution is -2.64. The Morgan fingerprint density at radius 3 is 2.25 bits per heavy atom. The van der Waals surface area contributed by atoms with Gasteiger partial charge in [0.15, 0.2) is 16.9 Å². The number of aliphatic hydroxyl groups is 3. The van der Waals surface area contributed by atoms with Crippen molar-refractivity contribution in [2.24, 2.45) is 16.2 Å². The molecule has 0 radical (unpaired) electrons. The Balaban J connectivity index is 0.684. The molecular weight excluding hydrogens is 1480 g/mol. The lowest BCUT2D eigenvalue weighted by molar-refractivity contribution is -0.271. The van der Waals surface area contributed by atoms with Gasteiger partial charge in [-0.3, -0.25) is 48.2 Å². The number of ether oxygens (including phenoxy) is 6. The van der Waals surface area contributed by atoms with Gasteiger partial charge in [-0.25, -0.2) is 24.4 Å². The number of aromatic carboxylic acids is 1. The molecular formula is C74H85N11O23S2. The SMILES string of the molecule is COCCN(CCOC12CC3(C)CC(C)(CC(Cn4ncc(-c5ccc(N6CCc7c(OC)ccc(C(=O)Nc8nc9ccccc9s8)c7C6)nc5C(=O)O)c4C)(C3)C1)C2)C(=O)OCC=Cc1ccc(O[C@@H]2O[C@H](C(=O)O)[C@@H](O)[C@H](O)[C@H]2O)c(NC(=O)CCNC(=O)[C@H](CS(=O)(=O)O)NC(=O)CN2C(=O)C=CC2=O)c1. The maximum Gasteiger partial charge on any atom is 0.410 e. The fourth-order valence-electron chi connectivity index (χ4n) is 17.1. The van der Waals surface area contributed by atoms with Crippen LogP contribution in [0.1, 0.15) is 102 Å². The molecule has 586 valence electrons. The number of aliphatic carboxylic acids is 1. The molecule has 34 nitrogen and oxygen atoms in total. The van der Waals surface area contributed by atoms with Gasteiger partial charge in [0, 0.05) is 92.9 Å². The van der Waals surface area contributed by atoms with E-state index in [1.807, 2.05) is 46.1 Å². The summed E-state index contributed by atoms with van der Waals surface area (Å²) in [7, 11) is -1.84. The van der Waals surface area contributed by atoms with Crippen molar-refractivity contribution in [2.45, 2.75) is 128 Å². The van der Waals surface area contributed by atoms with Crippen LogP contribution in [0.5, 0.6) is 11.5 Å². The topological polar surface area (TPSA) is 466 Å². The molecule has 3 aromatic heterocycles. The maximum atomic E-state index is 14.0. The Kier molecular flexibility index (Phi) is 23.3. The van der Waals surface area contributed by atoms with Gasteiger partial charge >= 0.3 is 18.0 Å². The first-order valence-electron chi connectivity index (χ1n) is 35.4. The molecule has 10 N–H and O–H groups in total. The quantitative estimate of drug-likeness (QED) is 0.0214. The van der Waals surface area contributed by atoms with Gasteiger partial charge in [-0.15, -0.1) is 0 Å². The molecule has 5 fully saturated rings. The van der Waals surface area contributed by atoms with Crippen molar-refractivity contribution in [3.05, 3.63) is 125 Å². The summed E-state index contributed by atoms with van der Waals surface area (Å²) in [5.74, 6) is -8.63. The van der Waals surface area contributed by atoms with Gasteiger partial charge < -0.3 is 79.7 Å². The highest BCUT2D eigenvalue weighted by Gasteiger charge is 2.66. The Bertz CT molecular complexity index is 4720. The molecule has 2 unspecified atom stereocenters. The number of nitrogens with zero attached hydrogens (tertiary/aromatic N) is 7. The molecule has 36 heteroatoms. The van der Waals surface area contributed by atoms with Crippen molar-refractivity contribution in [2.75, 3.05) is 88.1 Å². The number of hydrogen-bond acceptors (Lipinski definition) is 25. The van der Waals surface area contributed by atoms with E-state index >= 15 is 0 Å². The van der Waals surface area contributed by atoms with Crippen molar-refractivity contribution in [1.29, 1.82) is 0 Å². The fraction of sp³-hybridized carbons (Fsp3) is 0.459. The molecule has 3 aliphatic heterocycles. The zero-order valence-electron chi connectivity index (χ0n) is 60.7. The molecule has 7 aliphatic rings. The number of fused-ring (bicyclic) bond motifs is 2. The third kappa shape index (κ3) is 17.8. The van der Waals surface area contributed by atoms with Crippen LogP contribution in [0.2, 0.25) is 0 Å². The van der Waals surface area contributed by atoms with Crippen molar-refractivity contribution >= 4 is 108 Å². The first-order chi connectivity index (χ1) is 52.2. The number of rotatable bonds is 31. The predicted molar refractivity (Wildman–Crippen MR) is 393 cm³/mol. The van der Waals surface area contributed by atoms with E-state index in [0.717, 1.165) is 71.3 Å². The van der Waals surface area contributed by atoms with Crippen molar-refractivity contribution in [1.82, 2.24) is 40.2 Å². The number of aromatic nitrogens is 4. The number of thiazole rings is 1. The fourth-order valence-corrected chi connectivity index (χ4v) is 18.6. The standard InChI is InChI=1S/C74H85N11O23S2/c1-41-46(44-14-17-54(80-59(44)66(95)96)83-23-21-43-47(31-83)45(13-16-51(43)104-5)64(93)81-69-79-48-10-6-7-11-53(48)109-69)30-76-85(41)40-73-35-71(2)34-72(3,36-73)38-74(37-71,39-73)106-28-25-82(24-27-103-4)70(99)105-26-8-9-42-12-15-52(107-68-62(92)60(90)61(91)63(108-68)67(97)98)49(29-42)77-55(86)20-22-75-65(94)50(33-110(100,101)102)78-56(87)32-84-57(88)18-19-58(84)89/h6-19,29-30,50,60-63,68,90-92H,20-28,31-40H2,1-5H3,(H,75,94)(H,77,86)(H,78,87)(H,95,96)(H,97,98)(H,79,81,93)(H,100,101,102)/t50-,60-,61-,62+,63-,68+,71?,72?,73?,74?/m0/s1. The number of amides is 7. The second-order valence-electron chi connectivity index (χ2n) is 29.4. The van der Waals surface area contributed by atoms with Crippen LogP contribution in [0, 0.1) is 23.2 Å². The highest BCUT2D eigenvalue weighted by atomic mass is 32.2. The third-order valence-corrected chi connectivity index (χ3v) is 22.4. The molecule has 4 bridgehead atoms. The van der Waals surface area contributed by atoms with Gasteiger partial charge in [-0.2, -0.15) is 13.5 Å². The molecule has 7 amide bonds. The lowest BCUT2D eigenvalue weighted by Gasteiger charge is -2.69. The number of carboxylic acid groups (broad SMARTS) is 2. The van der Waals surface area contributed by atoms with E-state index < -0.39 is 125 Å². The summed E-state index contributed by atoms with van der Waals surface area (Å²) in [6.07, 6.45) is 0.751. The molecule has 8 atom stereocenters. The minimum atomic E-state index is -4.93. The smallest absolute Gasteiger partial charge is 0.410 e. The number of aliphatic hydroxyl groups excluding tert-OH is 3. The summed E-state index contributed by atoms with van der Waals surface area (Å²) in [5.41, 5.74) is 3.68. The van der Waals surface area contributed by atoms with Crippen LogP contribution in [0.15, 0.2) is 91.2 Å². The van der Waals surface area contributed by atoms with Gasteiger partial charge in [0.2, 0.25) is 24.0 Å². The number of anilines is 3. The second kappa shape index (κ2) is 32.3. The second-order valence-corrected chi connectivity index (χ2v) is 31.9. The monoisotopic (exact) mass is 1560 g/mol. The number of carbonyl (C=O) groups excluding carboxylic acids is 7. The Morgan fingerprint density at radius 2 is 1.55 bits per heavy atom.